The number of carbonyl (C=O) groups excluding carboxylic acids is 1. The summed E-state index contributed by atoms with van der Waals surface area (Å²) in [6, 6.07) is 1.53. The number of aryl methyl sites for hydroxylation is 2. The van der Waals surface area contributed by atoms with Gasteiger partial charge in [0.15, 0.2) is 5.65 Å². The minimum atomic E-state index is -3.75. The van der Waals surface area contributed by atoms with E-state index in [0.29, 0.717) is 24.3 Å². The summed E-state index contributed by atoms with van der Waals surface area (Å²) >= 11 is 6.38. The molecule has 2 aromatic rings. The third kappa shape index (κ3) is 4.38. The maximum atomic E-state index is 14.4. The molecule has 11 heteroatoms. The maximum absolute atomic E-state index is 14.4. The number of fused-ring (bicyclic) bond motifs is 1. The average Bonchev–Trinajstić information content (AvgIpc) is 3.17. The van der Waals surface area contributed by atoms with Crippen molar-refractivity contribution in [3.63, 3.8) is 0 Å². The van der Waals surface area contributed by atoms with Crippen molar-refractivity contribution in [3.8, 4) is 0 Å². The smallest absolute Gasteiger partial charge is 0.252 e. The Morgan fingerprint density at radius 3 is 2.68 bits per heavy atom. The topological polar surface area (TPSA) is 96.7 Å². The van der Waals surface area contributed by atoms with Gasteiger partial charge < -0.3 is 4.90 Å². The van der Waals surface area contributed by atoms with Crippen LogP contribution >= 0.6 is 11.6 Å². The number of halogens is 2. The van der Waals surface area contributed by atoms with Crippen LogP contribution < -0.4 is 4.72 Å². The zero-order chi connectivity index (χ0) is 25.0. The summed E-state index contributed by atoms with van der Waals surface area (Å²) in [5.41, 5.74) is 2.79. The van der Waals surface area contributed by atoms with Gasteiger partial charge in [-0.3, -0.25) is 4.79 Å². The summed E-state index contributed by atoms with van der Waals surface area (Å²) in [6.45, 7) is 7.85. The van der Waals surface area contributed by atoms with Gasteiger partial charge in [0.25, 0.3) is 5.91 Å². The number of alkyl halides is 1. The Kier molecular flexibility index (Phi) is 6.37. The lowest BCUT2D eigenvalue weighted by atomic mass is 9.83. The van der Waals surface area contributed by atoms with Gasteiger partial charge in [0.1, 0.15) is 5.83 Å². The molecule has 1 amide bonds. The first kappa shape index (κ1) is 24.8. The molecule has 0 saturated carbocycles. The molecule has 1 N–H and O–H groups in total. The number of sulfonamides is 1. The number of rotatable bonds is 4. The maximum Gasteiger partial charge on any atom is 0.252 e. The Bertz CT molecular complexity index is 1340. The van der Waals surface area contributed by atoms with Gasteiger partial charge >= 0.3 is 0 Å². The number of piperidine rings is 1. The molecular formula is C23H29ClFN5O3S. The highest BCUT2D eigenvalue weighted by Crippen LogP contribution is 2.38. The van der Waals surface area contributed by atoms with Crippen molar-refractivity contribution in [2.75, 3.05) is 12.8 Å². The molecular weight excluding hydrogens is 481 g/mol. The molecule has 3 atom stereocenters. The van der Waals surface area contributed by atoms with E-state index in [2.05, 4.69) is 9.71 Å². The minimum absolute atomic E-state index is 0.0328. The van der Waals surface area contributed by atoms with E-state index >= 15 is 0 Å². The van der Waals surface area contributed by atoms with Gasteiger partial charge in [-0.2, -0.15) is 5.10 Å². The van der Waals surface area contributed by atoms with Crippen molar-refractivity contribution in [3.05, 3.63) is 52.3 Å². The second kappa shape index (κ2) is 8.73. The van der Waals surface area contributed by atoms with E-state index < -0.39 is 32.7 Å². The van der Waals surface area contributed by atoms with Crippen molar-refractivity contribution in [2.24, 2.45) is 0 Å². The fraction of sp³-hybridized carbons (Fsp3) is 0.522. The summed E-state index contributed by atoms with van der Waals surface area (Å²) in [7, 11) is -3.75. The molecule has 0 radical (unpaired) electrons. The van der Waals surface area contributed by atoms with E-state index in [4.69, 9.17) is 16.7 Å². The number of carbonyl (C=O) groups is 1. The van der Waals surface area contributed by atoms with Crippen LogP contribution in [0.15, 0.2) is 29.6 Å². The Labute approximate surface area is 203 Å². The van der Waals surface area contributed by atoms with Crippen LogP contribution in [0.3, 0.4) is 0 Å². The van der Waals surface area contributed by atoms with Crippen LogP contribution in [0, 0.1) is 20.8 Å². The third-order valence-electron chi connectivity index (χ3n) is 6.83. The molecule has 1 saturated heterocycles. The Morgan fingerprint density at radius 2 is 2.00 bits per heavy atom. The standard InChI is InChI=1S/C23H29ClFN5O3S/c1-13-14(2)26-21-12-18(27-30(21)15(13)3)19-8-6-7-9-29(19)22(31)17-10-16(25)11-20(24)23(17,4)28-34(5,32)33/h10-12,19-20,28H,6-9H2,1-5H3/t19-,20?,23?/m0/s1. The van der Waals surface area contributed by atoms with Gasteiger partial charge in [0.2, 0.25) is 10.0 Å². The lowest BCUT2D eigenvalue weighted by molar-refractivity contribution is -0.131. The second-order valence-corrected chi connectivity index (χ2v) is 11.6. The average molecular weight is 510 g/mol. The largest absolute Gasteiger partial charge is 0.330 e. The summed E-state index contributed by atoms with van der Waals surface area (Å²) in [5, 5.41) is 3.68. The zero-order valence-electron chi connectivity index (χ0n) is 19.9. The molecule has 1 aliphatic heterocycles. The highest BCUT2D eigenvalue weighted by Gasteiger charge is 2.46. The number of amides is 1. The Balaban J connectivity index is 1.76. The molecule has 8 nitrogen and oxygen atoms in total. The fourth-order valence-corrected chi connectivity index (χ4v) is 6.13. The SMILES string of the molecule is Cc1nc2cc([C@@H]3CCCCN3C(=O)C3=CC(F)=CC(Cl)C3(C)NS(C)(=O)=O)nn2c(C)c1C. The van der Waals surface area contributed by atoms with E-state index in [-0.39, 0.29) is 11.6 Å². The van der Waals surface area contributed by atoms with E-state index in [0.717, 1.165) is 48.2 Å². The molecule has 2 aliphatic rings. The van der Waals surface area contributed by atoms with Gasteiger partial charge in [0.05, 0.1) is 28.9 Å². The van der Waals surface area contributed by atoms with Crippen LogP contribution in [-0.2, 0) is 14.8 Å². The van der Waals surface area contributed by atoms with Crippen molar-refractivity contribution in [1.29, 1.82) is 0 Å². The van der Waals surface area contributed by atoms with Crippen molar-refractivity contribution in [1.82, 2.24) is 24.2 Å². The van der Waals surface area contributed by atoms with Crippen LogP contribution in [0.1, 0.15) is 54.9 Å². The third-order valence-corrected chi connectivity index (χ3v) is 8.18. The molecule has 3 heterocycles. The van der Waals surface area contributed by atoms with Crippen LogP contribution in [0.4, 0.5) is 4.39 Å². The fourth-order valence-electron chi connectivity index (χ4n) is 4.76. The predicted octanol–water partition coefficient (Wildman–Crippen LogP) is 3.42. The molecule has 1 fully saturated rings. The molecule has 2 unspecified atom stereocenters. The van der Waals surface area contributed by atoms with Crippen molar-refractivity contribution < 1.29 is 17.6 Å². The quantitative estimate of drug-likeness (QED) is 0.637. The lowest BCUT2D eigenvalue weighted by Gasteiger charge is -2.41. The minimum Gasteiger partial charge on any atom is -0.330 e. The van der Waals surface area contributed by atoms with Gasteiger partial charge in [-0.1, -0.05) is 0 Å². The number of hydrogen-bond acceptors (Lipinski definition) is 5. The van der Waals surface area contributed by atoms with Crippen LogP contribution in [0.5, 0.6) is 0 Å². The lowest BCUT2D eigenvalue weighted by Crippen LogP contribution is -2.57. The number of aromatic nitrogens is 3. The number of hydrogen-bond donors (Lipinski definition) is 1. The molecule has 2 aromatic heterocycles. The number of nitrogens with one attached hydrogen (secondary N) is 1. The van der Waals surface area contributed by atoms with Crippen LogP contribution in [0.25, 0.3) is 5.65 Å². The van der Waals surface area contributed by atoms with Gasteiger partial charge in [-0.15, -0.1) is 11.6 Å². The first-order chi connectivity index (χ1) is 15.8. The first-order valence-electron chi connectivity index (χ1n) is 11.2. The Morgan fingerprint density at radius 1 is 1.29 bits per heavy atom. The summed E-state index contributed by atoms with van der Waals surface area (Å²) < 4.78 is 42.8. The van der Waals surface area contributed by atoms with E-state index in [1.807, 2.05) is 26.8 Å². The van der Waals surface area contributed by atoms with Crippen LogP contribution in [0.2, 0.25) is 0 Å². The van der Waals surface area contributed by atoms with Crippen molar-refractivity contribution >= 4 is 33.2 Å². The number of likely N-dealkylation sites (tertiary alicyclic amines) is 1. The highest BCUT2D eigenvalue weighted by molar-refractivity contribution is 7.88. The van der Waals surface area contributed by atoms with Crippen molar-refractivity contribution in [2.45, 2.75) is 63.9 Å². The zero-order valence-corrected chi connectivity index (χ0v) is 21.5. The highest BCUT2D eigenvalue weighted by atomic mass is 35.5. The van der Waals surface area contributed by atoms with Gasteiger partial charge in [-0.05, 0) is 64.7 Å². The summed E-state index contributed by atoms with van der Waals surface area (Å²) in [6.07, 6.45) is 5.52. The van der Waals surface area contributed by atoms with E-state index in [9.17, 15) is 17.6 Å². The summed E-state index contributed by atoms with van der Waals surface area (Å²) in [5.74, 6) is -1.14. The number of allylic oxidation sites excluding steroid dienone is 2. The normalized spacial score (nSPS) is 25.9. The second-order valence-electron chi connectivity index (χ2n) is 9.34. The molecule has 34 heavy (non-hydrogen) atoms. The van der Waals surface area contributed by atoms with Gasteiger partial charge in [-0.25, -0.2) is 27.0 Å². The molecule has 4 rings (SSSR count). The van der Waals surface area contributed by atoms with Gasteiger partial charge in [0, 0.05) is 29.6 Å². The predicted molar refractivity (Wildman–Crippen MR) is 129 cm³/mol. The Hall–Kier alpha value is -2.30. The molecule has 0 bridgehead atoms. The number of nitrogens with zero attached hydrogens (tertiary/aromatic N) is 4. The molecule has 1 aliphatic carbocycles. The molecule has 0 spiro atoms. The van der Waals surface area contributed by atoms with E-state index in [1.165, 1.54) is 6.92 Å². The molecule has 184 valence electrons. The summed E-state index contributed by atoms with van der Waals surface area (Å²) in [4.78, 5) is 20.1. The first-order valence-corrected chi connectivity index (χ1v) is 13.5. The van der Waals surface area contributed by atoms with Crippen LogP contribution in [-0.4, -0.2) is 57.5 Å². The van der Waals surface area contributed by atoms with E-state index in [1.54, 1.807) is 9.42 Å². The molecule has 0 aromatic carbocycles. The monoisotopic (exact) mass is 509 g/mol.